The van der Waals surface area contributed by atoms with E-state index in [0.717, 1.165) is 61.7 Å². The minimum Gasteiger partial charge on any atom is -0.458 e. The van der Waals surface area contributed by atoms with E-state index < -0.39 is 0 Å². The van der Waals surface area contributed by atoms with E-state index in [4.69, 9.17) is 14.5 Å². The molecule has 0 unspecified atom stereocenters. The van der Waals surface area contributed by atoms with Crippen LogP contribution in [-0.2, 0) is 0 Å². The third-order valence-corrected chi connectivity index (χ3v) is 11.1. The van der Waals surface area contributed by atoms with E-state index in [1.807, 2.05) is 18.2 Å². The summed E-state index contributed by atoms with van der Waals surface area (Å²) in [5, 5.41) is 4.78. The molecule has 0 fully saturated rings. The number of aromatic nitrogens is 3. The number of pyridine rings is 1. The molecule has 12 rings (SSSR count). The Balaban J connectivity index is 1.11. The fourth-order valence-electron chi connectivity index (χ4n) is 8.84. The van der Waals surface area contributed by atoms with Gasteiger partial charge in [0.1, 0.15) is 23.1 Å². The molecular weight excluding hydrogens is 649 g/mol. The molecule has 246 valence electrons. The maximum atomic E-state index is 6.68. The summed E-state index contributed by atoms with van der Waals surface area (Å²) in [5.74, 6) is 3.79. The van der Waals surface area contributed by atoms with Gasteiger partial charge >= 0.3 is 0 Å². The molecular formula is C47H28BN3O2. The maximum Gasteiger partial charge on any atom is 0.262 e. The summed E-state index contributed by atoms with van der Waals surface area (Å²) in [6, 6.07) is 60.0. The predicted molar refractivity (Wildman–Crippen MR) is 216 cm³/mol. The molecule has 0 spiro atoms. The number of fused-ring (bicyclic) bond motifs is 11. The molecule has 10 aromatic rings. The second-order valence-corrected chi connectivity index (χ2v) is 13.9. The van der Waals surface area contributed by atoms with Crippen molar-refractivity contribution in [3.8, 4) is 45.8 Å². The van der Waals surface area contributed by atoms with Gasteiger partial charge in [0.2, 0.25) is 5.88 Å². The molecule has 2 aliphatic heterocycles. The summed E-state index contributed by atoms with van der Waals surface area (Å²) in [4.78, 5) is 5.30. The molecule has 5 heterocycles. The number of hydrogen-bond acceptors (Lipinski definition) is 3. The van der Waals surface area contributed by atoms with Gasteiger partial charge in [-0.2, -0.15) is 4.98 Å². The summed E-state index contributed by atoms with van der Waals surface area (Å²) in [6.45, 7) is -0.0258. The second-order valence-electron chi connectivity index (χ2n) is 13.9. The SMILES string of the molecule is c1ccc(-c2ccc(-n3c4ccccc4c4c5c6ccccc6n(-c6cc7c8c(n6)Oc6ccccc6B8c6ccccc6O7)c5ccc43)cc2)cc1. The lowest BCUT2D eigenvalue weighted by Gasteiger charge is -2.32. The van der Waals surface area contributed by atoms with Crippen LogP contribution in [0, 0.1) is 0 Å². The van der Waals surface area contributed by atoms with E-state index in [1.165, 1.54) is 38.2 Å². The summed E-state index contributed by atoms with van der Waals surface area (Å²) in [5.41, 5.74) is 11.2. The van der Waals surface area contributed by atoms with Gasteiger partial charge in [0.25, 0.3) is 6.71 Å². The Bertz CT molecular complexity index is 3060. The van der Waals surface area contributed by atoms with Crippen molar-refractivity contribution in [2.45, 2.75) is 0 Å². The van der Waals surface area contributed by atoms with Crippen LogP contribution in [0.5, 0.6) is 23.1 Å². The smallest absolute Gasteiger partial charge is 0.262 e. The number of hydrogen-bond donors (Lipinski definition) is 0. The molecule has 6 heteroatoms. The third-order valence-electron chi connectivity index (χ3n) is 11.1. The van der Waals surface area contributed by atoms with Crippen molar-refractivity contribution >= 4 is 66.7 Å². The first-order valence-corrected chi connectivity index (χ1v) is 18.0. The molecule has 0 radical (unpaired) electrons. The van der Waals surface area contributed by atoms with Crippen molar-refractivity contribution in [2.24, 2.45) is 0 Å². The third kappa shape index (κ3) is 4.00. The zero-order chi connectivity index (χ0) is 34.6. The Hall–Kier alpha value is -7.05. The average Bonchev–Trinajstić information content (AvgIpc) is 3.74. The minimum absolute atomic E-state index is 0.0258. The molecule has 53 heavy (non-hydrogen) atoms. The maximum absolute atomic E-state index is 6.68. The standard InChI is InChI=1S/C47H28BN3O2/c1-2-12-29(13-3-1)30-22-24-31(25-23-30)50-36-18-8-4-14-32(36)44-38(50)26-27-39-45(44)33-15-5-9-19-37(33)51(39)43-28-42-46-47(49-43)53-41-21-11-7-17-35(41)48(46)34-16-6-10-20-40(34)52-42/h1-28H. The van der Waals surface area contributed by atoms with Crippen LogP contribution < -0.4 is 25.9 Å². The lowest BCUT2D eigenvalue weighted by molar-refractivity contribution is 0.450. The lowest BCUT2D eigenvalue weighted by atomic mass is 9.35. The van der Waals surface area contributed by atoms with E-state index in [-0.39, 0.29) is 6.71 Å². The number of benzene rings is 7. The normalized spacial score (nSPS) is 12.8. The van der Waals surface area contributed by atoms with E-state index in [0.29, 0.717) is 5.88 Å². The van der Waals surface area contributed by atoms with Crippen LogP contribution in [0.15, 0.2) is 170 Å². The molecule has 3 aromatic heterocycles. The molecule has 0 saturated heterocycles. The fraction of sp³-hybridized carbons (Fsp3) is 0. The van der Waals surface area contributed by atoms with Gasteiger partial charge < -0.3 is 14.0 Å². The van der Waals surface area contributed by atoms with E-state index in [2.05, 4.69) is 161 Å². The van der Waals surface area contributed by atoms with Crippen molar-refractivity contribution in [3.05, 3.63) is 170 Å². The molecule has 0 aliphatic carbocycles. The Morgan fingerprint density at radius 2 is 0.981 bits per heavy atom. The first kappa shape index (κ1) is 28.6. The van der Waals surface area contributed by atoms with Crippen LogP contribution in [0.4, 0.5) is 0 Å². The zero-order valence-corrected chi connectivity index (χ0v) is 28.4. The predicted octanol–water partition coefficient (Wildman–Crippen LogP) is 9.67. The van der Waals surface area contributed by atoms with Gasteiger partial charge in [-0.15, -0.1) is 0 Å². The number of rotatable bonds is 3. The molecule has 0 amide bonds. The highest BCUT2D eigenvalue weighted by atomic mass is 16.5. The Morgan fingerprint density at radius 3 is 1.68 bits per heavy atom. The van der Waals surface area contributed by atoms with Crippen molar-refractivity contribution in [1.82, 2.24) is 14.1 Å². The van der Waals surface area contributed by atoms with Crippen molar-refractivity contribution in [1.29, 1.82) is 0 Å². The van der Waals surface area contributed by atoms with E-state index in [1.54, 1.807) is 0 Å². The molecule has 2 aliphatic rings. The summed E-state index contributed by atoms with van der Waals surface area (Å²) in [7, 11) is 0. The molecule has 0 atom stereocenters. The number of ether oxygens (including phenoxy) is 2. The van der Waals surface area contributed by atoms with E-state index in [9.17, 15) is 0 Å². The Kier molecular flexibility index (Phi) is 5.80. The van der Waals surface area contributed by atoms with Gasteiger partial charge in [0.05, 0.1) is 22.1 Å². The van der Waals surface area contributed by atoms with Crippen LogP contribution >= 0.6 is 0 Å². The molecule has 7 aromatic carbocycles. The summed E-state index contributed by atoms with van der Waals surface area (Å²) >= 11 is 0. The van der Waals surface area contributed by atoms with Crippen LogP contribution in [0.25, 0.3) is 66.2 Å². The summed E-state index contributed by atoms with van der Waals surface area (Å²) in [6.07, 6.45) is 0. The topological polar surface area (TPSA) is 41.2 Å². The van der Waals surface area contributed by atoms with Gasteiger partial charge in [-0.3, -0.25) is 4.57 Å². The van der Waals surface area contributed by atoms with Gasteiger partial charge in [0.15, 0.2) is 0 Å². The van der Waals surface area contributed by atoms with Gasteiger partial charge in [-0.05, 0) is 70.6 Å². The molecule has 0 bridgehead atoms. The van der Waals surface area contributed by atoms with Crippen molar-refractivity contribution in [3.63, 3.8) is 0 Å². The first-order valence-electron chi connectivity index (χ1n) is 18.0. The quantitative estimate of drug-likeness (QED) is 0.175. The highest BCUT2D eigenvalue weighted by molar-refractivity contribution is 6.98. The highest BCUT2D eigenvalue weighted by Gasteiger charge is 2.41. The monoisotopic (exact) mass is 677 g/mol. The first-order chi connectivity index (χ1) is 26.3. The fourth-order valence-corrected chi connectivity index (χ4v) is 8.84. The van der Waals surface area contributed by atoms with Gasteiger partial charge in [-0.25, -0.2) is 0 Å². The van der Waals surface area contributed by atoms with Crippen LogP contribution in [0.3, 0.4) is 0 Å². The molecule has 5 nitrogen and oxygen atoms in total. The zero-order valence-electron chi connectivity index (χ0n) is 28.4. The van der Waals surface area contributed by atoms with Crippen molar-refractivity contribution < 1.29 is 9.47 Å². The lowest BCUT2D eigenvalue weighted by Crippen LogP contribution is -2.57. The van der Waals surface area contributed by atoms with Crippen LogP contribution in [-0.4, -0.2) is 20.8 Å². The van der Waals surface area contributed by atoms with Gasteiger partial charge in [0, 0.05) is 38.8 Å². The Labute approximate surface area is 305 Å². The van der Waals surface area contributed by atoms with Gasteiger partial charge in [-0.1, -0.05) is 115 Å². The molecule has 0 saturated carbocycles. The second kappa shape index (κ2) is 10.7. The van der Waals surface area contributed by atoms with Crippen molar-refractivity contribution in [2.75, 3.05) is 0 Å². The van der Waals surface area contributed by atoms with E-state index >= 15 is 0 Å². The molecule has 0 N–H and O–H groups in total. The van der Waals surface area contributed by atoms with Crippen LogP contribution in [0.2, 0.25) is 0 Å². The highest BCUT2D eigenvalue weighted by Crippen LogP contribution is 2.43. The van der Waals surface area contributed by atoms with Crippen LogP contribution in [0.1, 0.15) is 0 Å². The Morgan fingerprint density at radius 1 is 0.434 bits per heavy atom. The largest absolute Gasteiger partial charge is 0.458 e. The number of nitrogens with zero attached hydrogens (tertiary/aromatic N) is 3. The number of para-hydroxylation sites is 4. The average molecular weight is 678 g/mol. The minimum atomic E-state index is -0.0258. The summed E-state index contributed by atoms with van der Waals surface area (Å²) < 4.78 is 18.0.